The first-order valence-electron chi connectivity index (χ1n) is 9.09. The largest absolute Gasteiger partial charge is 0.347 e. The Morgan fingerprint density at radius 1 is 1.14 bits per heavy atom. The van der Waals surface area contributed by atoms with Crippen LogP contribution >= 0.6 is 11.3 Å². The van der Waals surface area contributed by atoms with Crippen LogP contribution in [0.2, 0.25) is 0 Å². The number of aryl methyl sites for hydroxylation is 1. The molecule has 0 saturated heterocycles. The van der Waals surface area contributed by atoms with E-state index < -0.39 is 15.6 Å². The van der Waals surface area contributed by atoms with Gasteiger partial charge in [-0.1, -0.05) is 23.5 Å². The molecule has 0 saturated carbocycles. The number of aromatic nitrogens is 1. The Bertz CT molecular complexity index is 1230. The van der Waals surface area contributed by atoms with Crippen molar-refractivity contribution < 1.29 is 13.2 Å². The average molecular weight is 434 g/mol. The number of amides is 1. The second-order valence-electron chi connectivity index (χ2n) is 7.60. The van der Waals surface area contributed by atoms with Gasteiger partial charge >= 0.3 is 4.87 Å². The zero-order chi connectivity index (χ0) is 21.4. The van der Waals surface area contributed by atoms with Crippen molar-refractivity contribution in [1.82, 2.24) is 9.88 Å². The van der Waals surface area contributed by atoms with Gasteiger partial charge in [-0.25, -0.2) is 8.42 Å². The van der Waals surface area contributed by atoms with E-state index in [-0.39, 0.29) is 26.9 Å². The third-order valence-electron chi connectivity index (χ3n) is 4.17. The zero-order valence-electron chi connectivity index (χ0n) is 16.6. The molecule has 2 N–H and O–H groups in total. The number of sulfonamides is 1. The Hall–Kier alpha value is -2.65. The van der Waals surface area contributed by atoms with Crippen LogP contribution in [-0.4, -0.2) is 24.4 Å². The maximum Gasteiger partial charge on any atom is 0.308 e. The molecule has 0 radical (unpaired) electrons. The first kappa shape index (κ1) is 21.1. The van der Waals surface area contributed by atoms with Gasteiger partial charge in [0, 0.05) is 12.1 Å². The molecule has 0 atom stereocenters. The molecule has 154 valence electrons. The molecule has 0 aliphatic heterocycles. The molecule has 0 fully saturated rings. The molecule has 1 aromatic heterocycles. The van der Waals surface area contributed by atoms with Crippen molar-refractivity contribution in [3.05, 3.63) is 57.7 Å². The highest BCUT2D eigenvalue weighted by Crippen LogP contribution is 2.25. The van der Waals surface area contributed by atoms with Gasteiger partial charge in [-0.2, -0.15) is 0 Å². The molecule has 0 unspecified atom stereocenters. The molecular weight excluding hydrogens is 410 g/mol. The fraction of sp³-hybridized carbons (Fsp3) is 0.300. The second-order valence-corrected chi connectivity index (χ2v) is 10.3. The first-order chi connectivity index (χ1) is 13.5. The highest BCUT2D eigenvalue weighted by molar-refractivity contribution is 7.92. The fourth-order valence-electron chi connectivity index (χ4n) is 2.90. The summed E-state index contributed by atoms with van der Waals surface area (Å²) in [4.78, 5) is 24.5. The highest BCUT2D eigenvalue weighted by atomic mass is 32.2. The van der Waals surface area contributed by atoms with Crippen LogP contribution in [0.3, 0.4) is 0 Å². The third kappa shape index (κ3) is 4.51. The molecule has 0 aliphatic carbocycles. The van der Waals surface area contributed by atoms with Crippen molar-refractivity contribution in [2.24, 2.45) is 0 Å². The van der Waals surface area contributed by atoms with E-state index in [0.717, 1.165) is 11.3 Å². The minimum Gasteiger partial charge on any atom is -0.347 e. The van der Waals surface area contributed by atoms with Crippen molar-refractivity contribution in [3.8, 4) is 0 Å². The second kappa shape index (κ2) is 7.64. The third-order valence-corrected chi connectivity index (χ3v) is 6.48. The van der Waals surface area contributed by atoms with Crippen molar-refractivity contribution in [1.29, 1.82) is 0 Å². The van der Waals surface area contributed by atoms with Gasteiger partial charge in [-0.05, 0) is 58.0 Å². The standard InChI is InChI=1S/C20H23N3O4S2/c1-5-23-16-11-10-13(12-17(16)28-19(23)25)29(26,27)22-15-9-7-6-8-14(15)18(24)21-20(2,3)4/h6-12,22H,5H2,1-4H3,(H,21,24). The summed E-state index contributed by atoms with van der Waals surface area (Å²) in [5.41, 5.74) is 0.659. The van der Waals surface area contributed by atoms with E-state index in [1.807, 2.05) is 27.7 Å². The summed E-state index contributed by atoms with van der Waals surface area (Å²) in [6, 6.07) is 11.0. The van der Waals surface area contributed by atoms with E-state index >= 15 is 0 Å². The molecular formula is C20H23N3O4S2. The van der Waals surface area contributed by atoms with Gasteiger partial charge in [0.05, 0.1) is 26.4 Å². The van der Waals surface area contributed by atoms with Crippen LogP contribution in [0.25, 0.3) is 10.2 Å². The van der Waals surface area contributed by atoms with E-state index in [4.69, 9.17) is 0 Å². The van der Waals surface area contributed by atoms with Crippen LogP contribution in [0.5, 0.6) is 0 Å². The molecule has 0 aliphatic rings. The Kier molecular flexibility index (Phi) is 5.55. The van der Waals surface area contributed by atoms with E-state index in [1.165, 1.54) is 12.1 Å². The van der Waals surface area contributed by atoms with Gasteiger partial charge in [0.1, 0.15) is 0 Å². The molecule has 2 aromatic carbocycles. The molecule has 9 heteroatoms. The Morgan fingerprint density at radius 3 is 2.48 bits per heavy atom. The van der Waals surface area contributed by atoms with Crippen LogP contribution in [-0.2, 0) is 16.6 Å². The van der Waals surface area contributed by atoms with Gasteiger partial charge in [0.2, 0.25) is 0 Å². The summed E-state index contributed by atoms with van der Waals surface area (Å²) in [7, 11) is -3.95. The molecule has 3 aromatic rings. The van der Waals surface area contributed by atoms with Crippen LogP contribution < -0.4 is 14.9 Å². The van der Waals surface area contributed by atoms with Gasteiger partial charge in [0.25, 0.3) is 15.9 Å². The van der Waals surface area contributed by atoms with Crippen LogP contribution in [0, 0.1) is 0 Å². The summed E-state index contributed by atoms with van der Waals surface area (Å²) in [6.45, 7) is 7.92. The topological polar surface area (TPSA) is 97.3 Å². The van der Waals surface area contributed by atoms with E-state index in [1.54, 1.807) is 34.9 Å². The molecule has 0 spiro atoms. The number of carbonyl (C=O) groups is 1. The Morgan fingerprint density at radius 2 is 1.83 bits per heavy atom. The van der Waals surface area contributed by atoms with Gasteiger partial charge in [0.15, 0.2) is 0 Å². The highest BCUT2D eigenvalue weighted by Gasteiger charge is 2.22. The number of para-hydroxylation sites is 1. The van der Waals surface area contributed by atoms with Crippen molar-refractivity contribution in [2.75, 3.05) is 4.72 Å². The number of rotatable bonds is 5. The lowest BCUT2D eigenvalue weighted by atomic mass is 10.1. The molecule has 1 amide bonds. The van der Waals surface area contributed by atoms with Crippen LogP contribution in [0.4, 0.5) is 5.69 Å². The predicted molar refractivity (Wildman–Crippen MR) is 116 cm³/mol. The van der Waals surface area contributed by atoms with Crippen LogP contribution in [0.15, 0.2) is 52.2 Å². The van der Waals surface area contributed by atoms with Crippen molar-refractivity contribution in [2.45, 2.75) is 44.7 Å². The monoisotopic (exact) mass is 433 g/mol. The molecule has 3 rings (SSSR count). The normalized spacial score (nSPS) is 12.1. The lowest BCUT2D eigenvalue weighted by Crippen LogP contribution is -2.40. The summed E-state index contributed by atoms with van der Waals surface area (Å²) in [6.07, 6.45) is 0. The summed E-state index contributed by atoms with van der Waals surface area (Å²) < 4.78 is 30.6. The summed E-state index contributed by atoms with van der Waals surface area (Å²) in [5.74, 6) is -0.371. The Labute approximate surface area is 173 Å². The maximum absolute atomic E-state index is 12.9. The first-order valence-corrected chi connectivity index (χ1v) is 11.4. The molecule has 29 heavy (non-hydrogen) atoms. The number of fused-ring (bicyclic) bond motifs is 1. The molecule has 0 bridgehead atoms. The number of benzene rings is 2. The lowest BCUT2D eigenvalue weighted by molar-refractivity contribution is 0.0920. The van der Waals surface area contributed by atoms with E-state index in [2.05, 4.69) is 10.0 Å². The average Bonchev–Trinajstić information content (AvgIpc) is 2.94. The lowest BCUT2D eigenvalue weighted by Gasteiger charge is -2.21. The number of thiazole rings is 1. The molecule has 7 nitrogen and oxygen atoms in total. The SMILES string of the molecule is CCn1c(=O)sc2cc(S(=O)(=O)Nc3ccccc3C(=O)NC(C)(C)C)ccc21. The zero-order valence-corrected chi connectivity index (χ0v) is 18.3. The fourth-order valence-corrected chi connectivity index (χ4v) is 5.07. The maximum atomic E-state index is 12.9. The van der Waals surface area contributed by atoms with Gasteiger partial charge in [-0.3, -0.25) is 18.9 Å². The quantitative estimate of drug-likeness (QED) is 0.644. The number of anilines is 1. The van der Waals surface area contributed by atoms with Gasteiger partial charge < -0.3 is 5.32 Å². The van der Waals surface area contributed by atoms with E-state index in [9.17, 15) is 18.0 Å². The molecule has 1 heterocycles. The summed E-state index contributed by atoms with van der Waals surface area (Å²) >= 11 is 1.01. The number of hydrogen-bond donors (Lipinski definition) is 2. The predicted octanol–water partition coefficient (Wildman–Crippen LogP) is 3.41. The summed E-state index contributed by atoms with van der Waals surface area (Å²) in [5, 5.41) is 2.83. The van der Waals surface area contributed by atoms with Gasteiger partial charge in [-0.15, -0.1) is 0 Å². The minimum absolute atomic E-state index is 0.0283. The minimum atomic E-state index is -3.95. The number of hydrogen-bond acceptors (Lipinski definition) is 5. The smallest absolute Gasteiger partial charge is 0.308 e. The number of nitrogens with zero attached hydrogens (tertiary/aromatic N) is 1. The van der Waals surface area contributed by atoms with E-state index in [0.29, 0.717) is 16.8 Å². The number of carbonyl (C=O) groups excluding carboxylic acids is 1. The Balaban J connectivity index is 1.97. The van der Waals surface area contributed by atoms with Crippen LogP contribution in [0.1, 0.15) is 38.1 Å². The number of nitrogens with one attached hydrogen (secondary N) is 2. The van der Waals surface area contributed by atoms with Crippen molar-refractivity contribution in [3.63, 3.8) is 0 Å². The van der Waals surface area contributed by atoms with Crippen molar-refractivity contribution >= 4 is 43.2 Å².